The summed E-state index contributed by atoms with van der Waals surface area (Å²) >= 11 is 0. The zero-order valence-corrected chi connectivity index (χ0v) is 16.6. The van der Waals surface area contributed by atoms with Crippen LogP contribution in [0.5, 0.6) is 0 Å². The third-order valence-corrected chi connectivity index (χ3v) is 6.14. The Morgan fingerprint density at radius 3 is 3.00 bits per heavy atom. The molecular weight excluding hydrogens is 389 g/mol. The van der Waals surface area contributed by atoms with E-state index in [0.717, 1.165) is 6.42 Å². The second-order valence-electron chi connectivity index (χ2n) is 7.92. The first-order chi connectivity index (χ1) is 14.5. The normalized spacial score (nSPS) is 22.1. The van der Waals surface area contributed by atoms with E-state index in [1.54, 1.807) is 29.0 Å². The number of nitrogens with zero attached hydrogens (tertiary/aromatic N) is 5. The number of halogens is 1. The molecule has 2 atom stereocenters. The molecule has 0 aromatic carbocycles. The van der Waals surface area contributed by atoms with Crippen LogP contribution in [-0.2, 0) is 18.4 Å². The summed E-state index contributed by atoms with van der Waals surface area (Å²) in [6, 6.07) is -0.00902. The van der Waals surface area contributed by atoms with E-state index in [9.17, 15) is 9.59 Å². The fourth-order valence-electron chi connectivity index (χ4n) is 4.70. The van der Waals surface area contributed by atoms with Crippen LogP contribution in [0.15, 0.2) is 25.0 Å². The molecule has 3 aliphatic rings. The van der Waals surface area contributed by atoms with Crippen molar-refractivity contribution >= 4 is 29.1 Å². The highest BCUT2D eigenvalue weighted by Crippen LogP contribution is 2.39. The van der Waals surface area contributed by atoms with E-state index in [0.29, 0.717) is 36.7 Å². The summed E-state index contributed by atoms with van der Waals surface area (Å²) in [6.45, 7) is 5.49. The largest absolute Gasteiger partial charge is 0.349 e. The molecule has 2 N–H and O–H groups in total. The highest BCUT2D eigenvalue weighted by atomic mass is 19.1. The molecule has 0 bridgehead atoms. The van der Waals surface area contributed by atoms with E-state index < -0.39 is 5.82 Å². The van der Waals surface area contributed by atoms with Gasteiger partial charge in [0.2, 0.25) is 5.91 Å². The third kappa shape index (κ3) is 2.82. The number of pyridine rings is 1. The zero-order valence-electron chi connectivity index (χ0n) is 16.6. The fraction of sp³-hybridized carbons (Fsp3) is 0.400. The molecule has 0 aliphatic carbocycles. The zero-order chi connectivity index (χ0) is 21.0. The van der Waals surface area contributed by atoms with Gasteiger partial charge in [0.15, 0.2) is 11.6 Å². The van der Waals surface area contributed by atoms with Crippen molar-refractivity contribution in [3.8, 4) is 0 Å². The Hall–Kier alpha value is -3.43. The van der Waals surface area contributed by atoms with Gasteiger partial charge in [-0.15, -0.1) is 0 Å². The minimum absolute atomic E-state index is 0.00902. The standard InChI is InChI=1S/C20H22FN7O2/c1-3-15(29)27-8-11-4-5-28(14(11)10-27)19-17(21)13-7-22-20(30)16(13)18(25-19)24-12-6-23-26(2)9-12/h3,6,9,11,14H,1,4-5,7-8,10H2,2H3,(H,22,30)(H,24,25). The monoisotopic (exact) mass is 411 g/mol. The fourth-order valence-corrected chi connectivity index (χ4v) is 4.70. The van der Waals surface area contributed by atoms with E-state index in [1.807, 2.05) is 4.90 Å². The summed E-state index contributed by atoms with van der Waals surface area (Å²) in [4.78, 5) is 32.6. The van der Waals surface area contributed by atoms with Crippen molar-refractivity contribution in [2.45, 2.75) is 19.0 Å². The van der Waals surface area contributed by atoms with Crippen LogP contribution in [0, 0.1) is 11.7 Å². The van der Waals surface area contributed by atoms with Gasteiger partial charge >= 0.3 is 0 Å². The number of aromatic nitrogens is 3. The number of hydrogen-bond donors (Lipinski definition) is 2. The molecule has 0 spiro atoms. The van der Waals surface area contributed by atoms with Crippen LogP contribution in [0.4, 0.5) is 21.7 Å². The summed E-state index contributed by atoms with van der Waals surface area (Å²) in [5.41, 5.74) is 1.20. The number of carbonyl (C=O) groups is 2. The van der Waals surface area contributed by atoms with Gasteiger partial charge in [-0.3, -0.25) is 14.3 Å². The Bertz CT molecular complexity index is 1070. The van der Waals surface area contributed by atoms with Gasteiger partial charge in [0.1, 0.15) is 5.82 Å². The van der Waals surface area contributed by atoms with Crippen molar-refractivity contribution in [3.05, 3.63) is 42.0 Å². The Morgan fingerprint density at radius 2 is 2.27 bits per heavy atom. The van der Waals surface area contributed by atoms with Gasteiger partial charge in [-0.05, 0) is 12.5 Å². The lowest BCUT2D eigenvalue weighted by molar-refractivity contribution is -0.125. The van der Waals surface area contributed by atoms with Gasteiger partial charge < -0.3 is 20.4 Å². The first kappa shape index (κ1) is 18.6. The number of nitrogens with one attached hydrogen (secondary N) is 2. The first-order valence-corrected chi connectivity index (χ1v) is 9.90. The summed E-state index contributed by atoms with van der Waals surface area (Å²) < 4.78 is 17.1. The van der Waals surface area contributed by atoms with E-state index in [1.165, 1.54) is 6.08 Å². The predicted octanol–water partition coefficient (Wildman–Crippen LogP) is 1.16. The van der Waals surface area contributed by atoms with Gasteiger partial charge in [0.05, 0.1) is 23.5 Å². The number of likely N-dealkylation sites (tertiary alicyclic amines) is 1. The van der Waals surface area contributed by atoms with E-state index >= 15 is 4.39 Å². The number of amides is 2. The highest BCUT2D eigenvalue weighted by molar-refractivity contribution is 6.03. The van der Waals surface area contributed by atoms with Crippen LogP contribution in [0.1, 0.15) is 22.3 Å². The SMILES string of the molecule is C=CC(=O)N1CC2CCN(c3nc(Nc4cnn(C)c4)c4c(c3F)CNC4=O)C2C1. The molecule has 3 aliphatic heterocycles. The lowest BCUT2D eigenvalue weighted by atomic mass is 10.0. The van der Waals surface area contributed by atoms with Gasteiger partial charge in [0, 0.05) is 50.9 Å². The number of aryl methyl sites for hydroxylation is 1. The Morgan fingerprint density at radius 1 is 1.43 bits per heavy atom. The number of rotatable bonds is 4. The van der Waals surface area contributed by atoms with Crippen molar-refractivity contribution in [3.63, 3.8) is 0 Å². The van der Waals surface area contributed by atoms with Gasteiger partial charge in [-0.2, -0.15) is 5.10 Å². The smallest absolute Gasteiger partial charge is 0.255 e. The van der Waals surface area contributed by atoms with Crippen LogP contribution < -0.4 is 15.5 Å². The molecule has 0 saturated carbocycles. The summed E-state index contributed by atoms with van der Waals surface area (Å²) in [6.07, 6.45) is 5.54. The van der Waals surface area contributed by atoms with E-state index in [4.69, 9.17) is 0 Å². The van der Waals surface area contributed by atoms with Crippen molar-refractivity contribution in [1.29, 1.82) is 0 Å². The van der Waals surface area contributed by atoms with Crippen molar-refractivity contribution in [1.82, 2.24) is 25.0 Å². The average Bonchev–Trinajstić information content (AvgIpc) is 3.48. The Kier molecular flexibility index (Phi) is 4.23. The predicted molar refractivity (Wildman–Crippen MR) is 108 cm³/mol. The van der Waals surface area contributed by atoms with Crippen molar-refractivity contribution < 1.29 is 14.0 Å². The Labute approximate surface area is 172 Å². The molecule has 2 amide bonds. The maximum Gasteiger partial charge on any atom is 0.255 e. The number of fused-ring (bicyclic) bond motifs is 2. The van der Waals surface area contributed by atoms with Crippen molar-refractivity contribution in [2.24, 2.45) is 13.0 Å². The lowest BCUT2D eigenvalue weighted by Gasteiger charge is -2.27. The van der Waals surface area contributed by atoms with Gasteiger partial charge in [0.25, 0.3) is 5.91 Å². The van der Waals surface area contributed by atoms with Crippen LogP contribution in [-0.4, -0.2) is 57.2 Å². The van der Waals surface area contributed by atoms with Crippen LogP contribution in [0.3, 0.4) is 0 Å². The molecule has 2 aromatic rings. The summed E-state index contributed by atoms with van der Waals surface area (Å²) in [5, 5.41) is 9.92. The summed E-state index contributed by atoms with van der Waals surface area (Å²) in [5.74, 6) is -0.147. The minimum atomic E-state index is -0.478. The molecule has 10 heteroatoms. The Balaban J connectivity index is 1.53. The molecule has 2 saturated heterocycles. The van der Waals surface area contributed by atoms with Gasteiger partial charge in [-0.25, -0.2) is 9.37 Å². The molecule has 2 fully saturated rings. The molecule has 9 nitrogen and oxygen atoms in total. The van der Waals surface area contributed by atoms with Crippen LogP contribution >= 0.6 is 0 Å². The highest BCUT2D eigenvalue weighted by Gasteiger charge is 2.44. The quantitative estimate of drug-likeness (QED) is 0.734. The molecule has 30 heavy (non-hydrogen) atoms. The molecule has 5 heterocycles. The van der Waals surface area contributed by atoms with Crippen molar-refractivity contribution in [2.75, 3.05) is 29.9 Å². The third-order valence-electron chi connectivity index (χ3n) is 6.14. The molecule has 0 radical (unpaired) electrons. The minimum Gasteiger partial charge on any atom is -0.349 e. The maximum atomic E-state index is 15.5. The summed E-state index contributed by atoms with van der Waals surface area (Å²) in [7, 11) is 1.78. The first-order valence-electron chi connectivity index (χ1n) is 9.90. The average molecular weight is 411 g/mol. The lowest BCUT2D eigenvalue weighted by Crippen LogP contribution is -2.38. The maximum absolute atomic E-state index is 15.5. The topological polar surface area (TPSA) is 95.4 Å². The van der Waals surface area contributed by atoms with Crippen LogP contribution in [0.25, 0.3) is 0 Å². The number of hydrogen-bond acceptors (Lipinski definition) is 6. The van der Waals surface area contributed by atoms with Gasteiger partial charge in [-0.1, -0.05) is 6.58 Å². The second kappa shape index (κ2) is 6.82. The molecular formula is C20H22FN7O2. The van der Waals surface area contributed by atoms with E-state index in [-0.39, 0.29) is 41.7 Å². The number of anilines is 3. The van der Waals surface area contributed by atoms with E-state index in [2.05, 4.69) is 27.3 Å². The molecule has 2 aromatic heterocycles. The second-order valence-corrected chi connectivity index (χ2v) is 7.92. The number of carbonyl (C=O) groups excluding carboxylic acids is 2. The molecule has 5 rings (SSSR count). The molecule has 2 unspecified atom stereocenters. The molecule has 156 valence electrons. The van der Waals surface area contributed by atoms with Crippen LogP contribution in [0.2, 0.25) is 0 Å².